The van der Waals surface area contributed by atoms with E-state index in [-0.39, 0.29) is 18.3 Å². The van der Waals surface area contributed by atoms with E-state index in [9.17, 15) is 8.42 Å². The molecule has 5 heteroatoms. The highest BCUT2D eigenvalue weighted by molar-refractivity contribution is 7.99. The maximum atomic E-state index is 11.0. The molecule has 0 spiro atoms. The summed E-state index contributed by atoms with van der Waals surface area (Å²) in [7, 11) is -2.94. The highest BCUT2D eigenvalue weighted by Crippen LogP contribution is 2.30. The van der Waals surface area contributed by atoms with Crippen LogP contribution >= 0.6 is 11.8 Å². The van der Waals surface area contributed by atoms with Crippen molar-refractivity contribution in [1.29, 1.82) is 0 Å². The van der Waals surface area contributed by atoms with E-state index in [0.717, 1.165) is 17.9 Å². The van der Waals surface area contributed by atoms with Gasteiger partial charge in [-0.3, -0.25) is 0 Å². The molecule has 1 aliphatic rings. The molecular weight excluding hydrogens is 208 g/mol. The van der Waals surface area contributed by atoms with Gasteiger partial charge in [0.05, 0.1) is 5.75 Å². The van der Waals surface area contributed by atoms with Crippen LogP contribution in [0.15, 0.2) is 0 Å². The molecule has 1 saturated heterocycles. The average Bonchev–Trinajstić information content (AvgIpc) is 2.50. The van der Waals surface area contributed by atoms with Crippen LogP contribution in [0.4, 0.5) is 0 Å². The van der Waals surface area contributed by atoms with E-state index >= 15 is 0 Å². The van der Waals surface area contributed by atoms with Gasteiger partial charge in [0.25, 0.3) is 0 Å². The summed E-state index contributed by atoms with van der Waals surface area (Å²) in [6.45, 7) is -0.00169. The largest absolute Gasteiger partial charge is 0.396 e. The van der Waals surface area contributed by atoms with E-state index in [1.807, 2.05) is 11.8 Å². The number of thioether (sulfide) groups is 1. The summed E-state index contributed by atoms with van der Waals surface area (Å²) in [6.07, 6.45) is 2.28. The topological polar surface area (TPSA) is 54.4 Å². The second kappa shape index (κ2) is 4.66. The molecule has 1 aliphatic heterocycles. The zero-order valence-electron chi connectivity index (χ0n) is 7.77. The average molecular weight is 224 g/mol. The van der Waals surface area contributed by atoms with E-state index < -0.39 is 9.84 Å². The van der Waals surface area contributed by atoms with Gasteiger partial charge in [0.15, 0.2) is 0 Å². The van der Waals surface area contributed by atoms with Gasteiger partial charge in [-0.05, 0) is 29.8 Å². The molecule has 78 valence electrons. The van der Waals surface area contributed by atoms with Gasteiger partial charge in [-0.15, -0.1) is 0 Å². The molecule has 0 aromatic rings. The number of rotatable bonds is 4. The summed E-state index contributed by atoms with van der Waals surface area (Å²) in [5.74, 6) is 2.58. The number of aliphatic hydroxyl groups excluding tert-OH is 1. The first-order valence-electron chi connectivity index (χ1n) is 4.39. The third kappa shape index (κ3) is 3.87. The fourth-order valence-corrected chi connectivity index (χ4v) is 4.18. The van der Waals surface area contributed by atoms with Gasteiger partial charge < -0.3 is 5.11 Å². The van der Waals surface area contributed by atoms with Crippen LogP contribution in [0.1, 0.15) is 6.42 Å². The standard InChI is InChI=1S/C8H16O3S2/c1-13(10,11)6-8(4-9)7-2-3-12-5-7/h7-9H,2-6H2,1H3. The first-order valence-corrected chi connectivity index (χ1v) is 7.61. The lowest BCUT2D eigenvalue weighted by Crippen LogP contribution is -2.26. The molecule has 0 radical (unpaired) electrons. The Morgan fingerprint density at radius 2 is 2.31 bits per heavy atom. The minimum Gasteiger partial charge on any atom is -0.396 e. The molecule has 2 atom stereocenters. The minimum atomic E-state index is -2.94. The Kier molecular flexibility index (Phi) is 4.06. The minimum absolute atomic E-state index is 0.00169. The van der Waals surface area contributed by atoms with Crippen LogP contribution in [-0.4, -0.2) is 43.6 Å². The van der Waals surface area contributed by atoms with Gasteiger partial charge >= 0.3 is 0 Å². The number of sulfone groups is 1. The Balaban J connectivity index is 2.51. The van der Waals surface area contributed by atoms with Crippen molar-refractivity contribution >= 4 is 21.6 Å². The molecule has 1 heterocycles. The Hall–Kier alpha value is 0.260. The molecule has 0 bridgehead atoms. The molecule has 0 saturated carbocycles. The fourth-order valence-electron chi connectivity index (χ4n) is 1.65. The lowest BCUT2D eigenvalue weighted by atomic mass is 9.94. The van der Waals surface area contributed by atoms with Gasteiger partial charge in [0, 0.05) is 12.9 Å². The molecule has 0 aromatic carbocycles. The summed E-state index contributed by atoms with van der Waals surface area (Å²) in [5.41, 5.74) is 0. The maximum absolute atomic E-state index is 11.0. The van der Waals surface area contributed by atoms with Crippen LogP contribution in [-0.2, 0) is 9.84 Å². The van der Waals surface area contributed by atoms with Crippen molar-refractivity contribution in [3.05, 3.63) is 0 Å². The van der Waals surface area contributed by atoms with Gasteiger partial charge in [-0.1, -0.05) is 0 Å². The van der Waals surface area contributed by atoms with E-state index in [4.69, 9.17) is 5.11 Å². The van der Waals surface area contributed by atoms with Crippen molar-refractivity contribution in [2.24, 2.45) is 11.8 Å². The summed E-state index contributed by atoms with van der Waals surface area (Å²) in [6, 6.07) is 0. The van der Waals surface area contributed by atoms with Gasteiger partial charge in [0.1, 0.15) is 9.84 Å². The molecule has 0 aromatic heterocycles. The molecule has 3 nitrogen and oxygen atoms in total. The van der Waals surface area contributed by atoms with Crippen molar-refractivity contribution in [2.45, 2.75) is 6.42 Å². The van der Waals surface area contributed by atoms with E-state index in [2.05, 4.69) is 0 Å². The van der Waals surface area contributed by atoms with Crippen LogP contribution in [0.25, 0.3) is 0 Å². The van der Waals surface area contributed by atoms with Crippen molar-refractivity contribution in [2.75, 3.05) is 30.1 Å². The van der Waals surface area contributed by atoms with E-state index in [1.54, 1.807) is 0 Å². The molecule has 1 fully saturated rings. The third-order valence-corrected chi connectivity index (χ3v) is 4.60. The highest BCUT2D eigenvalue weighted by atomic mass is 32.2. The monoisotopic (exact) mass is 224 g/mol. The third-order valence-electron chi connectivity index (χ3n) is 2.38. The lowest BCUT2D eigenvalue weighted by Gasteiger charge is -2.19. The summed E-state index contributed by atoms with van der Waals surface area (Å²) < 4.78 is 22.1. The lowest BCUT2D eigenvalue weighted by molar-refractivity contribution is 0.200. The van der Waals surface area contributed by atoms with Gasteiger partial charge in [-0.2, -0.15) is 11.8 Å². The second-order valence-electron chi connectivity index (χ2n) is 3.66. The van der Waals surface area contributed by atoms with Crippen molar-refractivity contribution in [3.8, 4) is 0 Å². The molecule has 0 aliphatic carbocycles. The second-order valence-corrected chi connectivity index (χ2v) is 6.99. The molecule has 0 amide bonds. The smallest absolute Gasteiger partial charge is 0.147 e. The maximum Gasteiger partial charge on any atom is 0.147 e. The molecule has 1 N–H and O–H groups in total. The predicted octanol–water partition coefficient (Wildman–Crippen LogP) is 0.393. The number of aliphatic hydroxyl groups is 1. The predicted molar refractivity (Wildman–Crippen MR) is 55.7 cm³/mol. The van der Waals surface area contributed by atoms with Gasteiger partial charge in [0.2, 0.25) is 0 Å². The Bertz CT molecular complexity index is 242. The quantitative estimate of drug-likeness (QED) is 0.750. The summed E-state index contributed by atoms with van der Waals surface area (Å²) >= 11 is 1.85. The number of hydrogen-bond donors (Lipinski definition) is 1. The van der Waals surface area contributed by atoms with Crippen molar-refractivity contribution < 1.29 is 13.5 Å². The Labute approximate surface area is 83.8 Å². The molecule has 1 rings (SSSR count). The van der Waals surface area contributed by atoms with Crippen LogP contribution in [0.3, 0.4) is 0 Å². The zero-order valence-corrected chi connectivity index (χ0v) is 9.40. The SMILES string of the molecule is CS(=O)(=O)CC(CO)C1CCSC1. The first kappa shape index (κ1) is 11.3. The van der Waals surface area contributed by atoms with Crippen LogP contribution in [0.2, 0.25) is 0 Å². The highest BCUT2D eigenvalue weighted by Gasteiger charge is 2.27. The van der Waals surface area contributed by atoms with Crippen molar-refractivity contribution in [1.82, 2.24) is 0 Å². The zero-order chi connectivity index (χ0) is 9.90. The Morgan fingerprint density at radius 3 is 2.69 bits per heavy atom. The normalized spacial score (nSPS) is 26.2. The van der Waals surface area contributed by atoms with Crippen molar-refractivity contribution in [3.63, 3.8) is 0 Å². The Morgan fingerprint density at radius 1 is 1.62 bits per heavy atom. The molecule has 2 unspecified atom stereocenters. The molecule has 13 heavy (non-hydrogen) atoms. The summed E-state index contributed by atoms with van der Waals surface area (Å²) in [4.78, 5) is 0. The van der Waals surface area contributed by atoms with Gasteiger partial charge in [-0.25, -0.2) is 8.42 Å². The fraction of sp³-hybridized carbons (Fsp3) is 1.00. The first-order chi connectivity index (χ1) is 6.03. The van der Waals surface area contributed by atoms with E-state index in [1.165, 1.54) is 6.26 Å². The van der Waals surface area contributed by atoms with E-state index in [0.29, 0.717) is 5.92 Å². The number of hydrogen-bond acceptors (Lipinski definition) is 4. The van der Waals surface area contributed by atoms with Crippen LogP contribution in [0, 0.1) is 11.8 Å². The summed E-state index contributed by atoms with van der Waals surface area (Å²) in [5, 5.41) is 9.08. The van der Waals surface area contributed by atoms with Crippen LogP contribution < -0.4 is 0 Å². The van der Waals surface area contributed by atoms with Crippen LogP contribution in [0.5, 0.6) is 0 Å². The molecular formula is C8H16O3S2.